The minimum atomic E-state index is -3.17. The van der Waals surface area contributed by atoms with Crippen molar-refractivity contribution in [3.05, 3.63) is 29.6 Å². The van der Waals surface area contributed by atoms with Gasteiger partial charge in [0, 0.05) is 32.1 Å². The van der Waals surface area contributed by atoms with Gasteiger partial charge in [-0.3, -0.25) is 9.59 Å². The van der Waals surface area contributed by atoms with Crippen molar-refractivity contribution in [2.75, 3.05) is 33.8 Å². The molecule has 25 heavy (non-hydrogen) atoms. The molecule has 0 bridgehead atoms. The lowest BCUT2D eigenvalue weighted by atomic mass is 9.76. The second-order valence-electron chi connectivity index (χ2n) is 6.80. The van der Waals surface area contributed by atoms with Crippen molar-refractivity contribution in [2.24, 2.45) is 5.41 Å². The lowest BCUT2D eigenvalue weighted by molar-refractivity contribution is -0.150. The van der Waals surface area contributed by atoms with Gasteiger partial charge in [0.1, 0.15) is 0 Å². The van der Waals surface area contributed by atoms with Crippen LogP contribution in [0.15, 0.2) is 18.2 Å². The SMILES string of the molecule is COc1ccc(C(=O)N2CC(F)(F)CC3(CCN(C)C3=O)C2)cc1F. The van der Waals surface area contributed by atoms with Crippen LogP contribution in [0.25, 0.3) is 0 Å². The van der Waals surface area contributed by atoms with E-state index >= 15 is 0 Å². The normalized spacial score (nSPS) is 25.6. The lowest BCUT2D eigenvalue weighted by Crippen LogP contribution is -2.57. The summed E-state index contributed by atoms with van der Waals surface area (Å²) in [7, 11) is 2.85. The lowest BCUT2D eigenvalue weighted by Gasteiger charge is -2.42. The number of benzene rings is 1. The van der Waals surface area contributed by atoms with E-state index < -0.39 is 36.0 Å². The number of carbonyl (C=O) groups is 2. The van der Waals surface area contributed by atoms with Gasteiger partial charge >= 0.3 is 0 Å². The molecular weight excluding hydrogens is 337 g/mol. The predicted octanol–water partition coefficient (Wildman–Crippen LogP) is 2.16. The van der Waals surface area contributed by atoms with Gasteiger partial charge in [-0.05, 0) is 24.6 Å². The zero-order chi connectivity index (χ0) is 18.4. The molecule has 0 saturated carbocycles. The van der Waals surface area contributed by atoms with Crippen molar-refractivity contribution < 1.29 is 27.5 Å². The summed E-state index contributed by atoms with van der Waals surface area (Å²) in [5.74, 6) is -5.04. The van der Waals surface area contributed by atoms with E-state index in [1.165, 1.54) is 24.1 Å². The molecule has 2 saturated heterocycles. The van der Waals surface area contributed by atoms with Gasteiger partial charge in [0.2, 0.25) is 5.91 Å². The Balaban J connectivity index is 1.89. The molecule has 3 rings (SSSR count). The van der Waals surface area contributed by atoms with Crippen LogP contribution in [0.4, 0.5) is 13.2 Å². The van der Waals surface area contributed by atoms with Crippen molar-refractivity contribution in [3.63, 3.8) is 0 Å². The molecule has 2 aliphatic heterocycles. The number of amides is 2. The number of hydrogen-bond acceptors (Lipinski definition) is 3. The van der Waals surface area contributed by atoms with E-state index in [-0.39, 0.29) is 30.2 Å². The van der Waals surface area contributed by atoms with E-state index in [0.717, 1.165) is 11.0 Å². The quantitative estimate of drug-likeness (QED) is 0.816. The molecule has 136 valence electrons. The monoisotopic (exact) mass is 356 g/mol. The molecule has 1 aromatic rings. The van der Waals surface area contributed by atoms with Crippen LogP contribution >= 0.6 is 0 Å². The van der Waals surface area contributed by atoms with Gasteiger partial charge < -0.3 is 14.5 Å². The summed E-state index contributed by atoms with van der Waals surface area (Å²) in [5.41, 5.74) is -1.32. The fraction of sp³-hybridized carbons (Fsp3) is 0.529. The van der Waals surface area contributed by atoms with Gasteiger partial charge in [-0.15, -0.1) is 0 Å². The number of nitrogens with zero attached hydrogens (tertiary/aromatic N) is 2. The molecule has 0 aromatic heterocycles. The van der Waals surface area contributed by atoms with Crippen LogP contribution in [0.5, 0.6) is 5.75 Å². The number of hydrogen-bond donors (Lipinski definition) is 0. The molecule has 5 nitrogen and oxygen atoms in total. The first kappa shape index (κ1) is 17.6. The highest BCUT2D eigenvalue weighted by Gasteiger charge is 2.57. The Kier molecular flexibility index (Phi) is 4.17. The van der Waals surface area contributed by atoms with Crippen LogP contribution < -0.4 is 4.74 Å². The maximum absolute atomic E-state index is 14.3. The van der Waals surface area contributed by atoms with Crippen LogP contribution in [0, 0.1) is 11.2 Å². The number of rotatable bonds is 2. The van der Waals surface area contributed by atoms with Crippen molar-refractivity contribution in [2.45, 2.75) is 18.8 Å². The fourth-order valence-corrected chi connectivity index (χ4v) is 3.74. The number of ether oxygens (including phenoxy) is 1. The topological polar surface area (TPSA) is 49.9 Å². The molecule has 8 heteroatoms. The maximum Gasteiger partial charge on any atom is 0.266 e. The molecule has 0 aliphatic carbocycles. The third-order valence-corrected chi connectivity index (χ3v) is 4.92. The zero-order valence-electron chi connectivity index (χ0n) is 14.0. The molecular formula is C17H19F3N2O3. The second-order valence-corrected chi connectivity index (χ2v) is 6.80. The average molecular weight is 356 g/mol. The van der Waals surface area contributed by atoms with Gasteiger partial charge in [0.05, 0.1) is 19.1 Å². The molecule has 2 heterocycles. The smallest absolute Gasteiger partial charge is 0.266 e. The average Bonchev–Trinajstić information content (AvgIpc) is 2.81. The molecule has 2 aliphatic rings. The van der Waals surface area contributed by atoms with Gasteiger partial charge in [-0.2, -0.15) is 0 Å². The largest absolute Gasteiger partial charge is 0.494 e. The number of piperidine rings is 1. The van der Waals surface area contributed by atoms with Crippen molar-refractivity contribution in [1.82, 2.24) is 9.80 Å². The van der Waals surface area contributed by atoms with E-state index in [9.17, 15) is 22.8 Å². The fourth-order valence-electron chi connectivity index (χ4n) is 3.74. The van der Waals surface area contributed by atoms with Gasteiger partial charge in [0.15, 0.2) is 11.6 Å². The Hall–Kier alpha value is -2.25. The number of methoxy groups -OCH3 is 1. The minimum absolute atomic E-state index is 0.0374. The molecule has 0 radical (unpaired) electrons. The van der Waals surface area contributed by atoms with E-state index in [1.54, 1.807) is 7.05 Å². The van der Waals surface area contributed by atoms with E-state index in [2.05, 4.69) is 0 Å². The third kappa shape index (κ3) is 3.05. The summed E-state index contributed by atoms with van der Waals surface area (Å²) >= 11 is 0. The number of alkyl halides is 2. The second kappa shape index (κ2) is 5.93. The summed E-state index contributed by atoms with van der Waals surface area (Å²) in [5, 5.41) is 0. The first-order chi connectivity index (χ1) is 11.7. The summed E-state index contributed by atoms with van der Waals surface area (Å²) in [4.78, 5) is 27.4. The third-order valence-electron chi connectivity index (χ3n) is 4.92. The Labute approximate surface area is 143 Å². The molecule has 2 amide bonds. The summed E-state index contributed by atoms with van der Waals surface area (Å²) in [6.07, 6.45) is -0.289. The van der Waals surface area contributed by atoms with Gasteiger partial charge in [-0.25, -0.2) is 13.2 Å². The van der Waals surface area contributed by atoms with Crippen LogP contribution in [0.3, 0.4) is 0 Å². The van der Waals surface area contributed by atoms with E-state index in [4.69, 9.17) is 4.74 Å². The first-order valence-corrected chi connectivity index (χ1v) is 7.94. The Morgan fingerprint density at radius 3 is 2.56 bits per heavy atom. The summed E-state index contributed by atoms with van der Waals surface area (Å²) in [6, 6.07) is 3.56. The first-order valence-electron chi connectivity index (χ1n) is 7.94. The predicted molar refractivity (Wildman–Crippen MR) is 83.1 cm³/mol. The number of carbonyl (C=O) groups excluding carboxylic acids is 2. The number of likely N-dealkylation sites (tertiary alicyclic amines) is 2. The van der Waals surface area contributed by atoms with Crippen LogP contribution in [0.2, 0.25) is 0 Å². The maximum atomic E-state index is 14.3. The van der Waals surface area contributed by atoms with Crippen LogP contribution in [0.1, 0.15) is 23.2 Å². The standard InChI is InChI=1S/C17H19F3N2O3/c1-21-6-5-16(15(21)24)8-17(19,20)10-22(9-16)14(23)11-3-4-13(25-2)12(18)7-11/h3-4,7H,5-6,8-10H2,1-2H3. The minimum Gasteiger partial charge on any atom is -0.494 e. The van der Waals surface area contributed by atoms with Crippen molar-refractivity contribution in [3.8, 4) is 5.75 Å². The van der Waals surface area contributed by atoms with E-state index in [0.29, 0.717) is 6.54 Å². The summed E-state index contributed by atoms with van der Waals surface area (Å²) < 4.78 is 47.2. The number of halogens is 3. The van der Waals surface area contributed by atoms with Crippen LogP contribution in [-0.2, 0) is 4.79 Å². The highest BCUT2D eigenvalue weighted by atomic mass is 19.3. The highest BCUT2D eigenvalue weighted by molar-refractivity contribution is 5.95. The molecule has 0 N–H and O–H groups in total. The Morgan fingerprint density at radius 2 is 2.00 bits per heavy atom. The zero-order valence-corrected chi connectivity index (χ0v) is 14.0. The molecule has 1 aromatic carbocycles. The highest BCUT2D eigenvalue weighted by Crippen LogP contribution is 2.45. The van der Waals surface area contributed by atoms with Crippen molar-refractivity contribution in [1.29, 1.82) is 0 Å². The molecule has 1 spiro atoms. The van der Waals surface area contributed by atoms with Crippen molar-refractivity contribution >= 4 is 11.8 Å². The van der Waals surface area contributed by atoms with Gasteiger partial charge in [0.25, 0.3) is 11.8 Å². The molecule has 2 fully saturated rings. The van der Waals surface area contributed by atoms with E-state index in [1.807, 2.05) is 0 Å². The Morgan fingerprint density at radius 1 is 1.28 bits per heavy atom. The molecule has 1 unspecified atom stereocenters. The summed E-state index contributed by atoms with van der Waals surface area (Å²) in [6.45, 7) is -0.482. The Bertz CT molecular complexity index is 725. The van der Waals surface area contributed by atoms with Gasteiger partial charge in [-0.1, -0.05) is 0 Å². The molecule has 1 atom stereocenters. The van der Waals surface area contributed by atoms with Crippen LogP contribution in [-0.4, -0.2) is 61.3 Å².